The average Bonchev–Trinajstić information content (AvgIpc) is 2.76. The minimum Gasteiger partial charge on any atom is -0.356 e. The normalized spacial score (nSPS) is 25.3. The van der Waals surface area contributed by atoms with Gasteiger partial charge in [0.25, 0.3) is 0 Å². The van der Waals surface area contributed by atoms with Crippen LogP contribution in [0.25, 0.3) is 0 Å². The van der Waals surface area contributed by atoms with Crippen LogP contribution < -0.4 is 5.32 Å². The molecule has 0 saturated carbocycles. The lowest BCUT2D eigenvalue weighted by Gasteiger charge is -2.10. The molecule has 1 aliphatic rings. The summed E-state index contributed by atoms with van der Waals surface area (Å²) in [6, 6.07) is 9.87. The maximum Gasteiger partial charge on any atom is 0.166 e. The largest absolute Gasteiger partial charge is 0.356 e. The maximum atomic E-state index is 10.4. The van der Waals surface area contributed by atoms with Crippen molar-refractivity contribution in [3.05, 3.63) is 35.9 Å². The van der Waals surface area contributed by atoms with Crippen LogP contribution in [-0.2, 0) is 20.9 Å². The second kappa shape index (κ2) is 5.02. The lowest BCUT2D eigenvalue weighted by atomic mass is 10.2. The molecule has 4 nitrogen and oxygen atoms in total. The number of hydrogen-bond donors (Lipinski definition) is 1. The molecule has 2 atom stereocenters. The molecule has 0 amide bonds. The number of carbonyl (C=O) groups excluding carboxylic acids is 1. The molecule has 0 aliphatic carbocycles. The predicted molar refractivity (Wildman–Crippen MR) is 54.0 cm³/mol. The van der Waals surface area contributed by atoms with E-state index in [9.17, 15) is 4.79 Å². The zero-order valence-corrected chi connectivity index (χ0v) is 8.26. The number of ether oxygens (including phenoxy) is 2. The lowest BCUT2D eigenvalue weighted by Crippen LogP contribution is -2.33. The van der Waals surface area contributed by atoms with E-state index in [0.29, 0.717) is 13.2 Å². The Morgan fingerprint density at radius 1 is 1.47 bits per heavy atom. The zero-order chi connectivity index (χ0) is 10.5. The molecule has 1 heterocycles. The Labute approximate surface area is 88.2 Å². The van der Waals surface area contributed by atoms with E-state index < -0.39 is 6.23 Å². The van der Waals surface area contributed by atoms with Gasteiger partial charge in [0.05, 0.1) is 13.2 Å². The molecule has 0 radical (unpaired) electrons. The van der Waals surface area contributed by atoms with Crippen LogP contribution in [-0.4, -0.2) is 25.3 Å². The standard InChI is InChI=1S/C11H13NO3/c13-6-10-12-11(8-15-10)14-7-9-4-2-1-3-5-9/h1-6,10-12H,7-8H2/t10?,11-/m1/s1. The van der Waals surface area contributed by atoms with Crippen molar-refractivity contribution >= 4 is 6.29 Å². The van der Waals surface area contributed by atoms with Crippen LogP contribution in [0.5, 0.6) is 0 Å². The highest BCUT2D eigenvalue weighted by atomic mass is 16.6. The zero-order valence-electron chi connectivity index (χ0n) is 8.26. The molecule has 2 rings (SSSR count). The summed E-state index contributed by atoms with van der Waals surface area (Å²) in [4.78, 5) is 10.4. The Morgan fingerprint density at radius 3 is 2.93 bits per heavy atom. The molecule has 1 unspecified atom stereocenters. The molecule has 4 heteroatoms. The first-order chi connectivity index (χ1) is 7.38. The molecule has 0 bridgehead atoms. The smallest absolute Gasteiger partial charge is 0.166 e. The molecule has 1 N–H and O–H groups in total. The molecule has 80 valence electrons. The van der Waals surface area contributed by atoms with Crippen LogP contribution in [0.2, 0.25) is 0 Å². The van der Waals surface area contributed by atoms with Gasteiger partial charge in [-0.15, -0.1) is 0 Å². The third-order valence-corrected chi connectivity index (χ3v) is 2.19. The monoisotopic (exact) mass is 207 g/mol. The molecule has 15 heavy (non-hydrogen) atoms. The molecule has 1 saturated heterocycles. The van der Waals surface area contributed by atoms with E-state index in [-0.39, 0.29) is 6.23 Å². The highest BCUT2D eigenvalue weighted by Gasteiger charge is 2.23. The van der Waals surface area contributed by atoms with E-state index in [1.54, 1.807) is 0 Å². The molecular weight excluding hydrogens is 194 g/mol. The molecule has 1 fully saturated rings. The van der Waals surface area contributed by atoms with E-state index in [2.05, 4.69) is 5.32 Å². The van der Waals surface area contributed by atoms with Gasteiger partial charge < -0.3 is 9.47 Å². The van der Waals surface area contributed by atoms with Crippen molar-refractivity contribution in [1.29, 1.82) is 0 Å². The minimum absolute atomic E-state index is 0.194. The number of hydrogen-bond acceptors (Lipinski definition) is 4. The molecule has 0 spiro atoms. The van der Waals surface area contributed by atoms with Gasteiger partial charge in [0.15, 0.2) is 12.5 Å². The highest BCUT2D eigenvalue weighted by molar-refractivity contribution is 5.55. The van der Waals surface area contributed by atoms with Crippen LogP contribution in [0.15, 0.2) is 30.3 Å². The summed E-state index contributed by atoms with van der Waals surface area (Å²) in [5.41, 5.74) is 1.11. The Hall–Kier alpha value is -1.23. The van der Waals surface area contributed by atoms with Crippen LogP contribution in [0.3, 0.4) is 0 Å². The van der Waals surface area contributed by atoms with Crippen LogP contribution in [0.1, 0.15) is 5.56 Å². The fraction of sp³-hybridized carbons (Fsp3) is 0.364. The summed E-state index contributed by atoms with van der Waals surface area (Å²) < 4.78 is 10.6. The van der Waals surface area contributed by atoms with Gasteiger partial charge in [0.1, 0.15) is 6.23 Å². The number of rotatable bonds is 4. The van der Waals surface area contributed by atoms with Gasteiger partial charge in [0, 0.05) is 0 Å². The van der Waals surface area contributed by atoms with Crippen LogP contribution in [0.4, 0.5) is 0 Å². The van der Waals surface area contributed by atoms with E-state index in [1.165, 1.54) is 0 Å². The van der Waals surface area contributed by atoms with Crippen molar-refractivity contribution in [2.75, 3.05) is 6.61 Å². The van der Waals surface area contributed by atoms with Crippen LogP contribution in [0, 0.1) is 0 Å². The van der Waals surface area contributed by atoms with Gasteiger partial charge in [-0.1, -0.05) is 30.3 Å². The van der Waals surface area contributed by atoms with Gasteiger partial charge in [-0.25, -0.2) is 0 Å². The quantitative estimate of drug-likeness (QED) is 0.737. The number of benzene rings is 1. The van der Waals surface area contributed by atoms with Crippen molar-refractivity contribution in [1.82, 2.24) is 5.32 Å². The Bertz CT molecular complexity index is 315. The first kappa shape index (κ1) is 10.3. The summed E-state index contributed by atoms with van der Waals surface area (Å²) in [6.07, 6.45) is 0.0116. The van der Waals surface area contributed by atoms with Gasteiger partial charge in [-0.2, -0.15) is 0 Å². The third-order valence-electron chi connectivity index (χ3n) is 2.19. The molecule has 1 aromatic rings. The summed E-state index contributed by atoms with van der Waals surface area (Å²) in [5.74, 6) is 0. The molecule has 0 aromatic heterocycles. The Balaban J connectivity index is 1.77. The lowest BCUT2D eigenvalue weighted by molar-refractivity contribution is -0.116. The van der Waals surface area contributed by atoms with Crippen molar-refractivity contribution in [2.24, 2.45) is 0 Å². The van der Waals surface area contributed by atoms with Crippen molar-refractivity contribution in [3.63, 3.8) is 0 Å². The highest BCUT2D eigenvalue weighted by Crippen LogP contribution is 2.07. The first-order valence-electron chi connectivity index (χ1n) is 4.87. The van der Waals surface area contributed by atoms with Crippen molar-refractivity contribution < 1.29 is 14.3 Å². The molecular formula is C11H13NO3. The van der Waals surface area contributed by atoms with E-state index in [0.717, 1.165) is 11.8 Å². The summed E-state index contributed by atoms with van der Waals surface area (Å²) >= 11 is 0. The summed E-state index contributed by atoms with van der Waals surface area (Å²) in [5, 5.41) is 2.90. The second-order valence-corrected chi connectivity index (χ2v) is 3.34. The summed E-state index contributed by atoms with van der Waals surface area (Å²) in [7, 11) is 0. The SMILES string of the molecule is O=CC1N[C@H](OCc2ccccc2)CO1. The average molecular weight is 207 g/mol. The first-order valence-corrected chi connectivity index (χ1v) is 4.87. The van der Waals surface area contributed by atoms with Crippen molar-refractivity contribution in [3.8, 4) is 0 Å². The number of carbonyl (C=O) groups is 1. The third kappa shape index (κ3) is 2.86. The van der Waals surface area contributed by atoms with Gasteiger partial charge in [-0.3, -0.25) is 10.1 Å². The van der Waals surface area contributed by atoms with Gasteiger partial charge >= 0.3 is 0 Å². The Morgan fingerprint density at radius 2 is 2.27 bits per heavy atom. The minimum atomic E-state index is -0.522. The predicted octanol–water partition coefficient (Wildman–Crippen LogP) is 0.674. The van der Waals surface area contributed by atoms with Gasteiger partial charge in [-0.05, 0) is 5.56 Å². The second-order valence-electron chi connectivity index (χ2n) is 3.34. The van der Waals surface area contributed by atoms with Crippen LogP contribution >= 0.6 is 0 Å². The summed E-state index contributed by atoms with van der Waals surface area (Å²) in [6.45, 7) is 0.934. The maximum absolute atomic E-state index is 10.4. The fourth-order valence-corrected chi connectivity index (χ4v) is 1.42. The number of aldehydes is 1. The van der Waals surface area contributed by atoms with E-state index in [4.69, 9.17) is 9.47 Å². The molecule has 1 aromatic carbocycles. The number of nitrogens with one attached hydrogen (secondary N) is 1. The topological polar surface area (TPSA) is 47.6 Å². The van der Waals surface area contributed by atoms with E-state index in [1.807, 2.05) is 30.3 Å². The van der Waals surface area contributed by atoms with Crippen molar-refractivity contribution in [2.45, 2.75) is 19.1 Å². The van der Waals surface area contributed by atoms with Gasteiger partial charge in [0.2, 0.25) is 0 Å². The fourth-order valence-electron chi connectivity index (χ4n) is 1.42. The Kier molecular flexibility index (Phi) is 3.45. The molecule has 1 aliphatic heterocycles. The van der Waals surface area contributed by atoms with E-state index >= 15 is 0 Å².